The van der Waals surface area contributed by atoms with Crippen LogP contribution in [-0.4, -0.2) is 19.2 Å². The van der Waals surface area contributed by atoms with Crippen molar-refractivity contribution in [1.29, 1.82) is 0 Å². The second kappa shape index (κ2) is 4.96. The van der Waals surface area contributed by atoms with Gasteiger partial charge in [-0.3, -0.25) is 0 Å². The largest absolute Gasteiger partial charge is 0.486 e. The highest BCUT2D eigenvalue weighted by atomic mass is 19.1. The molecule has 23 heavy (non-hydrogen) atoms. The Balaban J connectivity index is 1.86. The lowest BCUT2D eigenvalue weighted by Crippen LogP contribution is -2.41. The molecule has 4 rings (SSSR count). The highest BCUT2D eigenvalue weighted by Gasteiger charge is 2.46. The van der Waals surface area contributed by atoms with Crippen molar-refractivity contribution < 1.29 is 9.13 Å². The van der Waals surface area contributed by atoms with Crippen molar-refractivity contribution in [2.24, 2.45) is 5.73 Å². The van der Waals surface area contributed by atoms with E-state index in [0.29, 0.717) is 12.2 Å². The molecule has 0 fully saturated rings. The predicted octanol–water partition coefficient (Wildman–Crippen LogP) is 3.38. The van der Waals surface area contributed by atoms with Crippen LogP contribution >= 0.6 is 0 Å². The summed E-state index contributed by atoms with van der Waals surface area (Å²) in [6, 6.07) is 13.3. The smallest absolute Gasteiger partial charge is 0.146 e. The van der Waals surface area contributed by atoms with E-state index in [9.17, 15) is 4.39 Å². The van der Waals surface area contributed by atoms with Gasteiger partial charge in [-0.25, -0.2) is 4.39 Å². The zero-order valence-corrected chi connectivity index (χ0v) is 13.4. The zero-order chi connectivity index (χ0) is 16.2. The van der Waals surface area contributed by atoms with Crippen LogP contribution in [0.2, 0.25) is 0 Å². The number of halogens is 1. The summed E-state index contributed by atoms with van der Waals surface area (Å²) in [7, 11) is 0. The van der Waals surface area contributed by atoms with Crippen LogP contribution in [0.5, 0.6) is 5.75 Å². The lowest BCUT2D eigenvalue weighted by atomic mass is 9.87. The Hall–Kier alpha value is -2.07. The highest BCUT2D eigenvalue weighted by molar-refractivity contribution is 5.65. The molecule has 0 radical (unpaired) electrons. The number of fused-ring (bicyclic) bond motifs is 2. The second-order valence-electron chi connectivity index (χ2n) is 7.02. The number of nitrogens with zero attached hydrogens (tertiary/aromatic N) is 1. The van der Waals surface area contributed by atoms with E-state index in [1.807, 2.05) is 24.3 Å². The first-order chi connectivity index (χ1) is 11.0. The van der Waals surface area contributed by atoms with Gasteiger partial charge in [0.2, 0.25) is 0 Å². The van der Waals surface area contributed by atoms with E-state index in [1.165, 1.54) is 6.07 Å². The molecule has 2 atom stereocenters. The normalized spacial score (nSPS) is 24.3. The van der Waals surface area contributed by atoms with E-state index in [-0.39, 0.29) is 23.4 Å². The van der Waals surface area contributed by atoms with Crippen LogP contribution in [0.3, 0.4) is 0 Å². The van der Waals surface area contributed by atoms with Crippen molar-refractivity contribution >= 4 is 5.69 Å². The molecule has 0 amide bonds. The molecule has 2 aliphatic rings. The fourth-order valence-electron chi connectivity index (χ4n) is 3.99. The molecule has 0 aromatic heterocycles. The molecule has 2 heterocycles. The number of anilines is 1. The van der Waals surface area contributed by atoms with Crippen molar-refractivity contribution in [3.05, 3.63) is 59.4 Å². The first-order valence-electron chi connectivity index (χ1n) is 8.04. The third-order valence-corrected chi connectivity index (χ3v) is 5.01. The Labute approximate surface area is 135 Å². The highest BCUT2D eigenvalue weighted by Crippen LogP contribution is 2.50. The van der Waals surface area contributed by atoms with Crippen molar-refractivity contribution in [2.45, 2.75) is 31.4 Å². The van der Waals surface area contributed by atoms with Crippen LogP contribution in [-0.2, 0) is 5.41 Å². The van der Waals surface area contributed by atoms with Crippen LogP contribution in [0.15, 0.2) is 42.5 Å². The van der Waals surface area contributed by atoms with Gasteiger partial charge in [-0.05, 0) is 17.7 Å². The van der Waals surface area contributed by atoms with E-state index >= 15 is 0 Å². The van der Waals surface area contributed by atoms with Crippen LogP contribution in [0.1, 0.15) is 31.0 Å². The van der Waals surface area contributed by atoms with Gasteiger partial charge in [0.1, 0.15) is 17.7 Å². The fraction of sp³-hybridized carbons (Fsp3) is 0.368. The van der Waals surface area contributed by atoms with Gasteiger partial charge in [-0.1, -0.05) is 44.2 Å². The predicted molar refractivity (Wildman–Crippen MR) is 89.4 cm³/mol. The molecule has 0 aliphatic carbocycles. The maximum Gasteiger partial charge on any atom is 0.146 e. The third-order valence-electron chi connectivity index (χ3n) is 5.01. The second-order valence-corrected chi connectivity index (χ2v) is 7.02. The molecule has 0 bridgehead atoms. The number of ether oxygens (including phenoxy) is 1. The van der Waals surface area contributed by atoms with E-state index < -0.39 is 0 Å². The van der Waals surface area contributed by atoms with Crippen molar-refractivity contribution in [3.63, 3.8) is 0 Å². The molecule has 2 aromatic rings. The van der Waals surface area contributed by atoms with Crippen LogP contribution < -0.4 is 15.4 Å². The number of nitrogens with two attached hydrogens (primary N) is 1. The number of hydrogen-bond donors (Lipinski definition) is 1. The molecule has 4 heteroatoms. The Morgan fingerprint density at radius 1 is 1.22 bits per heavy atom. The van der Waals surface area contributed by atoms with Gasteiger partial charge < -0.3 is 15.4 Å². The zero-order valence-electron chi connectivity index (χ0n) is 13.4. The Morgan fingerprint density at radius 2 is 2.00 bits per heavy atom. The number of benzene rings is 2. The summed E-state index contributed by atoms with van der Waals surface area (Å²) in [6.07, 6.45) is -0.159. The summed E-state index contributed by atoms with van der Waals surface area (Å²) >= 11 is 0. The summed E-state index contributed by atoms with van der Waals surface area (Å²) in [5.41, 5.74) is 8.69. The van der Waals surface area contributed by atoms with E-state index in [0.717, 1.165) is 23.4 Å². The summed E-state index contributed by atoms with van der Waals surface area (Å²) < 4.78 is 20.6. The average molecular weight is 312 g/mol. The quantitative estimate of drug-likeness (QED) is 0.924. The van der Waals surface area contributed by atoms with Gasteiger partial charge >= 0.3 is 0 Å². The van der Waals surface area contributed by atoms with Gasteiger partial charge in [0, 0.05) is 24.1 Å². The van der Waals surface area contributed by atoms with E-state index in [2.05, 4.69) is 24.8 Å². The fourth-order valence-corrected chi connectivity index (χ4v) is 3.99. The van der Waals surface area contributed by atoms with Gasteiger partial charge in [0.15, 0.2) is 0 Å². The standard InChI is InChI=1S/C19H21FN2O/c1-19(2)11-22(18-13(19)7-5-8-14(18)20)17-12-6-3-4-9-15(12)23-16(17)10-21/h3-9,16-17H,10-11,21H2,1-2H3. The monoisotopic (exact) mass is 312 g/mol. The molecule has 0 spiro atoms. The molecule has 3 nitrogen and oxygen atoms in total. The molecule has 2 N–H and O–H groups in total. The number of hydrogen-bond acceptors (Lipinski definition) is 3. The van der Waals surface area contributed by atoms with Gasteiger partial charge in [0.05, 0.1) is 11.7 Å². The van der Waals surface area contributed by atoms with Crippen LogP contribution in [0.25, 0.3) is 0 Å². The average Bonchev–Trinajstić information content (AvgIpc) is 3.03. The lowest BCUT2D eigenvalue weighted by Gasteiger charge is -2.31. The molecule has 2 aliphatic heterocycles. The van der Waals surface area contributed by atoms with Crippen LogP contribution in [0, 0.1) is 5.82 Å². The molecule has 2 unspecified atom stereocenters. The Kier molecular flexibility index (Phi) is 3.13. The number of rotatable bonds is 2. The SMILES string of the molecule is CC1(C)CN(C2c3ccccc3OC2CN)c2c(F)cccc21. The maximum absolute atomic E-state index is 14.6. The minimum atomic E-state index is -0.173. The van der Waals surface area contributed by atoms with Gasteiger partial charge in [-0.2, -0.15) is 0 Å². The summed E-state index contributed by atoms with van der Waals surface area (Å²) in [6.45, 7) is 5.47. The molecule has 0 saturated carbocycles. The van der Waals surface area contributed by atoms with Crippen molar-refractivity contribution in [2.75, 3.05) is 18.0 Å². The molecule has 0 saturated heterocycles. The topological polar surface area (TPSA) is 38.5 Å². The van der Waals surface area contributed by atoms with Crippen molar-refractivity contribution in [3.8, 4) is 5.75 Å². The minimum absolute atomic E-state index is 0.0476. The summed E-state index contributed by atoms with van der Waals surface area (Å²) in [4.78, 5) is 2.15. The summed E-state index contributed by atoms with van der Waals surface area (Å²) in [5, 5.41) is 0. The van der Waals surface area contributed by atoms with E-state index in [1.54, 1.807) is 6.07 Å². The first-order valence-corrected chi connectivity index (χ1v) is 8.04. The third kappa shape index (κ3) is 2.05. The maximum atomic E-state index is 14.6. The van der Waals surface area contributed by atoms with Gasteiger partial charge in [-0.15, -0.1) is 0 Å². The van der Waals surface area contributed by atoms with Gasteiger partial charge in [0.25, 0.3) is 0 Å². The molecule has 120 valence electrons. The minimum Gasteiger partial charge on any atom is -0.486 e. The summed E-state index contributed by atoms with van der Waals surface area (Å²) in [5.74, 6) is 0.684. The first kappa shape index (κ1) is 14.5. The molecular weight excluding hydrogens is 291 g/mol. The van der Waals surface area contributed by atoms with E-state index in [4.69, 9.17) is 10.5 Å². The Morgan fingerprint density at radius 3 is 2.78 bits per heavy atom. The molecular formula is C19H21FN2O. The number of para-hydroxylation sites is 2. The Bertz CT molecular complexity index is 759. The lowest BCUT2D eigenvalue weighted by molar-refractivity contribution is 0.209. The van der Waals surface area contributed by atoms with Crippen molar-refractivity contribution in [1.82, 2.24) is 0 Å². The van der Waals surface area contributed by atoms with Crippen LogP contribution in [0.4, 0.5) is 10.1 Å². The molecule has 2 aromatic carbocycles.